The van der Waals surface area contributed by atoms with Gasteiger partial charge in [-0.05, 0) is 51.8 Å². The summed E-state index contributed by atoms with van der Waals surface area (Å²) in [6, 6.07) is 8.99. The average Bonchev–Trinajstić information content (AvgIpc) is 2.47. The molecule has 3 nitrogen and oxygen atoms in total. The highest BCUT2D eigenvalue weighted by Crippen LogP contribution is 2.19. The Morgan fingerprint density at radius 1 is 1.38 bits per heavy atom. The second-order valence-electron chi connectivity index (χ2n) is 6.36. The molecule has 0 aromatic heterocycles. The van der Waals surface area contributed by atoms with Crippen LogP contribution in [0.1, 0.15) is 44.2 Å². The minimum absolute atomic E-state index is 0.202. The van der Waals surface area contributed by atoms with Crippen LogP contribution in [-0.2, 0) is 11.3 Å². The lowest BCUT2D eigenvalue weighted by Crippen LogP contribution is -2.42. The summed E-state index contributed by atoms with van der Waals surface area (Å²) < 4.78 is 0. The Kier molecular flexibility index (Phi) is 5.80. The number of hydrogen-bond acceptors (Lipinski definition) is 2. The molecule has 1 saturated heterocycles. The minimum atomic E-state index is 0.202. The molecular weight excluding hydrogens is 260 g/mol. The molecule has 1 aromatic rings. The van der Waals surface area contributed by atoms with Gasteiger partial charge in [-0.1, -0.05) is 36.8 Å². The first-order chi connectivity index (χ1) is 10.1. The van der Waals surface area contributed by atoms with Crippen molar-refractivity contribution in [3.8, 4) is 0 Å². The summed E-state index contributed by atoms with van der Waals surface area (Å²) >= 11 is 0. The van der Waals surface area contributed by atoms with Gasteiger partial charge >= 0.3 is 0 Å². The van der Waals surface area contributed by atoms with E-state index in [9.17, 15) is 4.79 Å². The summed E-state index contributed by atoms with van der Waals surface area (Å²) in [6.07, 6.45) is 2.96. The minimum Gasteiger partial charge on any atom is -0.353 e. The molecule has 21 heavy (non-hydrogen) atoms. The number of rotatable bonds is 5. The van der Waals surface area contributed by atoms with Gasteiger partial charge in [0.25, 0.3) is 0 Å². The molecular formula is C18H28N2O. The van der Waals surface area contributed by atoms with Gasteiger partial charge in [0.15, 0.2) is 0 Å². The van der Waals surface area contributed by atoms with Crippen LogP contribution >= 0.6 is 0 Å². The number of hydrogen-bond donors (Lipinski definition) is 1. The highest BCUT2D eigenvalue weighted by molar-refractivity contribution is 5.79. The van der Waals surface area contributed by atoms with Crippen molar-refractivity contribution >= 4 is 5.91 Å². The van der Waals surface area contributed by atoms with Gasteiger partial charge < -0.3 is 5.32 Å². The number of piperidine rings is 1. The van der Waals surface area contributed by atoms with Crippen LogP contribution in [0, 0.1) is 12.8 Å². The Labute approximate surface area is 128 Å². The molecule has 1 aliphatic rings. The number of carbonyl (C=O) groups excluding carboxylic acids is 1. The Morgan fingerprint density at radius 2 is 2.10 bits per heavy atom. The lowest BCUT2D eigenvalue weighted by Gasteiger charge is -2.31. The molecule has 1 aliphatic heterocycles. The molecule has 0 bridgehead atoms. The summed E-state index contributed by atoms with van der Waals surface area (Å²) in [7, 11) is 0. The van der Waals surface area contributed by atoms with Crippen LogP contribution in [0.5, 0.6) is 0 Å². The van der Waals surface area contributed by atoms with E-state index in [2.05, 4.69) is 55.3 Å². The molecule has 116 valence electrons. The largest absolute Gasteiger partial charge is 0.353 e. The zero-order chi connectivity index (χ0) is 15.2. The molecule has 2 rings (SSSR count). The fraction of sp³-hybridized carbons (Fsp3) is 0.611. The van der Waals surface area contributed by atoms with Gasteiger partial charge in [-0.25, -0.2) is 0 Å². The maximum absolute atomic E-state index is 12.1. The van der Waals surface area contributed by atoms with Crippen LogP contribution in [0.2, 0.25) is 0 Å². The first-order valence-corrected chi connectivity index (χ1v) is 8.16. The number of amides is 1. The number of carbonyl (C=O) groups is 1. The maximum atomic E-state index is 12.1. The zero-order valence-corrected chi connectivity index (χ0v) is 13.6. The van der Waals surface area contributed by atoms with E-state index in [1.807, 2.05) is 0 Å². The van der Waals surface area contributed by atoms with Gasteiger partial charge in [-0.3, -0.25) is 9.69 Å². The van der Waals surface area contributed by atoms with Gasteiger partial charge in [0.05, 0.1) is 0 Å². The molecule has 1 N–H and O–H groups in total. The summed E-state index contributed by atoms with van der Waals surface area (Å²) in [5.41, 5.74) is 2.69. The van der Waals surface area contributed by atoms with Crippen LogP contribution < -0.4 is 5.32 Å². The third-order valence-electron chi connectivity index (χ3n) is 4.45. The monoisotopic (exact) mass is 288 g/mol. The van der Waals surface area contributed by atoms with Crippen molar-refractivity contribution in [1.29, 1.82) is 0 Å². The number of aryl methyl sites for hydroxylation is 1. The van der Waals surface area contributed by atoms with E-state index in [0.717, 1.165) is 38.9 Å². The summed E-state index contributed by atoms with van der Waals surface area (Å²) in [4.78, 5) is 14.6. The van der Waals surface area contributed by atoms with Crippen molar-refractivity contribution in [3.63, 3.8) is 0 Å². The second kappa shape index (κ2) is 7.60. The highest BCUT2D eigenvalue weighted by Gasteiger charge is 2.25. The average molecular weight is 288 g/mol. The zero-order valence-electron chi connectivity index (χ0n) is 13.6. The molecule has 1 fully saturated rings. The number of nitrogens with one attached hydrogen (secondary N) is 1. The molecule has 0 spiro atoms. The van der Waals surface area contributed by atoms with E-state index < -0.39 is 0 Å². The second-order valence-corrected chi connectivity index (χ2v) is 6.36. The fourth-order valence-corrected chi connectivity index (χ4v) is 2.88. The van der Waals surface area contributed by atoms with E-state index >= 15 is 0 Å². The quantitative estimate of drug-likeness (QED) is 0.903. The van der Waals surface area contributed by atoms with E-state index in [0.29, 0.717) is 6.04 Å². The van der Waals surface area contributed by atoms with E-state index in [4.69, 9.17) is 0 Å². The van der Waals surface area contributed by atoms with Crippen LogP contribution in [0.15, 0.2) is 24.3 Å². The molecule has 1 atom stereocenters. The van der Waals surface area contributed by atoms with Crippen molar-refractivity contribution in [2.75, 3.05) is 13.1 Å². The van der Waals surface area contributed by atoms with Gasteiger partial charge in [-0.15, -0.1) is 0 Å². The third kappa shape index (κ3) is 4.85. The summed E-state index contributed by atoms with van der Waals surface area (Å²) in [5.74, 6) is 0.451. The summed E-state index contributed by atoms with van der Waals surface area (Å²) in [5, 5.41) is 3.11. The van der Waals surface area contributed by atoms with Gasteiger partial charge in [-0.2, -0.15) is 0 Å². The standard InChI is InChI=1S/C18H28N2O/c1-4-15(3)19-18(21)17-8-10-20(11-9-17)13-16-7-5-6-14(2)12-16/h5-7,12,15,17H,4,8-11,13H2,1-3H3,(H,19,21). The van der Waals surface area contributed by atoms with Gasteiger partial charge in [0.1, 0.15) is 0 Å². The Bertz CT molecular complexity index is 464. The molecule has 0 radical (unpaired) electrons. The van der Waals surface area contributed by atoms with E-state index in [1.54, 1.807) is 0 Å². The van der Waals surface area contributed by atoms with Crippen LogP contribution in [0.25, 0.3) is 0 Å². The fourth-order valence-electron chi connectivity index (χ4n) is 2.88. The van der Waals surface area contributed by atoms with Crippen LogP contribution in [0.3, 0.4) is 0 Å². The molecule has 1 aromatic carbocycles. The third-order valence-corrected chi connectivity index (χ3v) is 4.45. The van der Waals surface area contributed by atoms with Crippen molar-refractivity contribution < 1.29 is 4.79 Å². The molecule has 1 unspecified atom stereocenters. The number of nitrogens with zero attached hydrogens (tertiary/aromatic N) is 1. The predicted octanol–water partition coefficient (Wildman–Crippen LogP) is 3.12. The smallest absolute Gasteiger partial charge is 0.223 e. The topological polar surface area (TPSA) is 32.3 Å². The molecule has 0 saturated carbocycles. The number of likely N-dealkylation sites (tertiary alicyclic amines) is 1. The van der Waals surface area contributed by atoms with E-state index in [-0.39, 0.29) is 11.8 Å². The molecule has 3 heteroatoms. The van der Waals surface area contributed by atoms with Crippen molar-refractivity contribution in [2.45, 2.75) is 52.6 Å². The van der Waals surface area contributed by atoms with Crippen molar-refractivity contribution in [1.82, 2.24) is 10.2 Å². The lowest BCUT2D eigenvalue weighted by atomic mass is 9.95. The summed E-state index contributed by atoms with van der Waals surface area (Å²) in [6.45, 7) is 9.36. The number of benzene rings is 1. The Morgan fingerprint density at radius 3 is 2.71 bits per heavy atom. The van der Waals surface area contributed by atoms with Gasteiger partial charge in [0, 0.05) is 18.5 Å². The first-order valence-electron chi connectivity index (χ1n) is 8.16. The Balaban J connectivity index is 1.79. The predicted molar refractivity (Wildman–Crippen MR) is 87.1 cm³/mol. The van der Waals surface area contributed by atoms with Crippen molar-refractivity contribution in [3.05, 3.63) is 35.4 Å². The normalized spacial score (nSPS) is 18.4. The van der Waals surface area contributed by atoms with E-state index in [1.165, 1.54) is 11.1 Å². The highest BCUT2D eigenvalue weighted by atomic mass is 16.1. The molecule has 0 aliphatic carbocycles. The van der Waals surface area contributed by atoms with Crippen LogP contribution in [0.4, 0.5) is 0 Å². The van der Waals surface area contributed by atoms with Crippen LogP contribution in [-0.4, -0.2) is 29.9 Å². The SMILES string of the molecule is CCC(C)NC(=O)C1CCN(Cc2cccc(C)c2)CC1. The molecule has 1 heterocycles. The first kappa shape index (κ1) is 16.0. The van der Waals surface area contributed by atoms with Gasteiger partial charge in [0.2, 0.25) is 5.91 Å². The van der Waals surface area contributed by atoms with Crippen molar-refractivity contribution in [2.24, 2.45) is 5.92 Å². The maximum Gasteiger partial charge on any atom is 0.223 e. The Hall–Kier alpha value is -1.35. The molecule has 1 amide bonds. The lowest BCUT2D eigenvalue weighted by molar-refractivity contribution is -0.127.